The van der Waals surface area contributed by atoms with Crippen molar-refractivity contribution in [3.05, 3.63) is 34.3 Å². The van der Waals surface area contributed by atoms with Gasteiger partial charge in [0, 0.05) is 10.4 Å². The predicted molar refractivity (Wildman–Crippen MR) is 61.0 cm³/mol. The normalized spacial score (nSPS) is 31.2. The van der Waals surface area contributed by atoms with E-state index in [0.29, 0.717) is 4.47 Å². The van der Waals surface area contributed by atoms with Crippen LogP contribution >= 0.6 is 15.9 Å². The van der Waals surface area contributed by atoms with Crippen molar-refractivity contribution in [3.63, 3.8) is 0 Å². The van der Waals surface area contributed by atoms with E-state index in [2.05, 4.69) is 15.9 Å². The molecule has 3 atom stereocenters. The fraction of sp³-hybridized carbons (Fsp3) is 0.364. The maximum absolute atomic E-state index is 12.8. The molecule has 1 aromatic rings. The Bertz CT molecular complexity index is 488. The second-order valence-corrected chi connectivity index (χ2v) is 5.20. The molecule has 1 aromatic carbocycles. The van der Waals surface area contributed by atoms with E-state index >= 15 is 0 Å². The highest BCUT2D eigenvalue weighted by molar-refractivity contribution is 9.10. The highest BCUT2D eigenvalue weighted by atomic mass is 79.9. The molecule has 0 bridgehead atoms. The summed E-state index contributed by atoms with van der Waals surface area (Å²) in [5.41, 5.74) is 3.43. The standard InChI is InChI=1S/C11H9BrF3NO2/c12-6-3-1-5(2-4-6)7-8(11(13,14)15)10(7,16)9(17)18/h1-4,7-8H,16H2,(H,17,18)/t7-,8-,10-/m1/s1. The van der Waals surface area contributed by atoms with Crippen LogP contribution in [-0.2, 0) is 4.79 Å². The van der Waals surface area contributed by atoms with Crippen molar-refractivity contribution in [1.29, 1.82) is 0 Å². The molecule has 0 aliphatic heterocycles. The topological polar surface area (TPSA) is 63.3 Å². The van der Waals surface area contributed by atoms with Crippen LogP contribution in [0.3, 0.4) is 0 Å². The number of rotatable bonds is 2. The van der Waals surface area contributed by atoms with E-state index in [9.17, 15) is 18.0 Å². The summed E-state index contributed by atoms with van der Waals surface area (Å²) < 4.78 is 39.0. The van der Waals surface area contributed by atoms with Crippen LogP contribution in [-0.4, -0.2) is 22.8 Å². The summed E-state index contributed by atoms with van der Waals surface area (Å²) >= 11 is 3.16. The van der Waals surface area contributed by atoms with E-state index in [-0.39, 0.29) is 5.56 Å². The van der Waals surface area contributed by atoms with Gasteiger partial charge >= 0.3 is 12.1 Å². The number of alkyl halides is 3. The molecular weight excluding hydrogens is 315 g/mol. The SMILES string of the molecule is N[C@]1(C(=O)O)[C@H](c2ccc(Br)cc2)[C@H]1C(F)(F)F. The van der Waals surface area contributed by atoms with Crippen LogP contribution in [0.5, 0.6) is 0 Å². The van der Waals surface area contributed by atoms with Gasteiger partial charge in [0.25, 0.3) is 0 Å². The minimum Gasteiger partial charge on any atom is -0.480 e. The van der Waals surface area contributed by atoms with Crippen molar-refractivity contribution in [1.82, 2.24) is 0 Å². The second-order valence-electron chi connectivity index (χ2n) is 4.29. The Morgan fingerprint density at radius 3 is 2.17 bits per heavy atom. The van der Waals surface area contributed by atoms with E-state index in [0.717, 1.165) is 0 Å². The van der Waals surface area contributed by atoms with Gasteiger partial charge < -0.3 is 10.8 Å². The number of hydrogen-bond acceptors (Lipinski definition) is 2. The highest BCUT2D eigenvalue weighted by Crippen LogP contribution is 2.62. The zero-order valence-electron chi connectivity index (χ0n) is 8.91. The lowest BCUT2D eigenvalue weighted by molar-refractivity contribution is -0.162. The summed E-state index contributed by atoms with van der Waals surface area (Å²) in [6.07, 6.45) is -4.62. The molecular formula is C11H9BrF3NO2. The first-order valence-corrected chi connectivity index (χ1v) is 5.82. The molecule has 0 heterocycles. The molecule has 3 nitrogen and oxygen atoms in total. The van der Waals surface area contributed by atoms with E-state index < -0.39 is 29.5 Å². The zero-order valence-corrected chi connectivity index (χ0v) is 10.5. The van der Waals surface area contributed by atoms with Gasteiger partial charge in [-0.1, -0.05) is 28.1 Å². The van der Waals surface area contributed by atoms with Crippen LogP contribution in [0, 0.1) is 5.92 Å². The summed E-state index contributed by atoms with van der Waals surface area (Å²) in [5, 5.41) is 8.90. The summed E-state index contributed by atoms with van der Waals surface area (Å²) in [4.78, 5) is 11.0. The Hall–Kier alpha value is -1.08. The van der Waals surface area contributed by atoms with Gasteiger partial charge in [-0.3, -0.25) is 4.79 Å². The Morgan fingerprint density at radius 1 is 1.33 bits per heavy atom. The fourth-order valence-electron chi connectivity index (χ4n) is 2.27. The Kier molecular flexibility index (Phi) is 2.94. The summed E-state index contributed by atoms with van der Waals surface area (Å²) in [7, 11) is 0. The lowest BCUT2D eigenvalue weighted by Gasteiger charge is -2.07. The molecule has 1 aliphatic carbocycles. The minimum absolute atomic E-state index is 0.283. The summed E-state index contributed by atoms with van der Waals surface area (Å²) in [6, 6.07) is 6.02. The number of nitrogens with two attached hydrogens (primary N) is 1. The molecule has 1 saturated carbocycles. The number of halogens is 4. The molecule has 98 valence electrons. The van der Waals surface area contributed by atoms with Gasteiger partial charge in [-0.25, -0.2) is 0 Å². The lowest BCUT2D eigenvalue weighted by Crippen LogP contribution is -2.39. The average molecular weight is 324 g/mol. The van der Waals surface area contributed by atoms with Crippen LogP contribution in [0.15, 0.2) is 28.7 Å². The number of carboxylic acids is 1. The first-order chi connectivity index (χ1) is 8.19. The lowest BCUT2D eigenvalue weighted by atomic mass is 10.1. The molecule has 0 unspecified atom stereocenters. The van der Waals surface area contributed by atoms with Gasteiger partial charge in [0.1, 0.15) is 5.54 Å². The molecule has 0 saturated heterocycles. The third kappa shape index (κ3) is 1.91. The van der Waals surface area contributed by atoms with Crippen molar-refractivity contribution in [2.45, 2.75) is 17.6 Å². The van der Waals surface area contributed by atoms with E-state index in [1.807, 2.05) is 0 Å². The fourth-order valence-corrected chi connectivity index (χ4v) is 2.54. The number of carboxylic acid groups (broad SMARTS) is 1. The number of benzene rings is 1. The molecule has 18 heavy (non-hydrogen) atoms. The van der Waals surface area contributed by atoms with Crippen LogP contribution in [0.2, 0.25) is 0 Å². The monoisotopic (exact) mass is 323 g/mol. The predicted octanol–water partition coefficient (Wildman–Crippen LogP) is 2.51. The molecule has 7 heteroatoms. The van der Waals surface area contributed by atoms with Crippen molar-refractivity contribution in [2.24, 2.45) is 11.7 Å². The van der Waals surface area contributed by atoms with Crippen LogP contribution in [0.25, 0.3) is 0 Å². The molecule has 0 aromatic heterocycles. The van der Waals surface area contributed by atoms with Gasteiger partial charge in [-0.2, -0.15) is 13.2 Å². The zero-order chi connectivity index (χ0) is 13.7. The number of aliphatic carboxylic acids is 1. The van der Waals surface area contributed by atoms with Gasteiger partial charge in [0.15, 0.2) is 0 Å². The van der Waals surface area contributed by atoms with Gasteiger partial charge in [0.2, 0.25) is 0 Å². The van der Waals surface area contributed by atoms with E-state index in [1.54, 1.807) is 12.1 Å². The first-order valence-electron chi connectivity index (χ1n) is 5.03. The Morgan fingerprint density at radius 2 is 1.83 bits per heavy atom. The van der Waals surface area contributed by atoms with Gasteiger partial charge in [-0.05, 0) is 17.7 Å². The maximum atomic E-state index is 12.8. The van der Waals surface area contributed by atoms with Crippen LogP contribution < -0.4 is 5.73 Å². The largest absolute Gasteiger partial charge is 0.480 e. The summed E-state index contributed by atoms with van der Waals surface area (Å²) in [6.45, 7) is 0. The van der Waals surface area contributed by atoms with Crippen LogP contribution in [0.4, 0.5) is 13.2 Å². The highest BCUT2D eigenvalue weighted by Gasteiger charge is 2.77. The van der Waals surface area contributed by atoms with Crippen molar-refractivity contribution < 1.29 is 23.1 Å². The van der Waals surface area contributed by atoms with E-state index in [1.165, 1.54) is 12.1 Å². The smallest absolute Gasteiger partial charge is 0.394 e. The first kappa shape index (κ1) is 13.4. The number of hydrogen-bond donors (Lipinski definition) is 2. The molecule has 2 rings (SSSR count). The quantitative estimate of drug-likeness (QED) is 0.879. The summed E-state index contributed by atoms with van der Waals surface area (Å²) in [5.74, 6) is -4.90. The van der Waals surface area contributed by atoms with E-state index in [4.69, 9.17) is 10.8 Å². The maximum Gasteiger partial charge on any atom is 0.394 e. The van der Waals surface area contributed by atoms with Crippen molar-refractivity contribution >= 4 is 21.9 Å². The van der Waals surface area contributed by atoms with Crippen molar-refractivity contribution in [3.8, 4) is 0 Å². The second kappa shape index (κ2) is 3.96. The molecule has 0 radical (unpaired) electrons. The third-order valence-electron chi connectivity index (χ3n) is 3.21. The third-order valence-corrected chi connectivity index (χ3v) is 3.73. The average Bonchev–Trinajstić information content (AvgIpc) is 2.87. The molecule has 0 spiro atoms. The molecule has 3 N–H and O–H groups in total. The van der Waals surface area contributed by atoms with Gasteiger partial charge in [0.05, 0.1) is 5.92 Å². The Labute approximate surface area is 109 Å². The number of carbonyl (C=O) groups is 1. The van der Waals surface area contributed by atoms with Crippen molar-refractivity contribution in [2.75, 3.05) is 0 Å². The molecule has 1 aliphatic rings. The molecule has 0 amide bonds. The van der Waals surface area contributed by atoms with Gasteiger partial charge in [-0.15, -0.1) is 0 Å². The molecule has 1 fully saturated rings. The minimum atomic E-state index is -4.62. The van der Waals surface area contributed by atoms with Crippen LogP contribution in [0.1, 0.15) is 11.5 Å². The Balaban J connectivity index is 2.39.